The largest absolute Gasteiger partial charge is 0.383 e. The fourth-order valence-corrected chi connectivity index (χ4v) is 2.46. The highest BCUT2D eigenvalue weighted by Crippen LogP contribution is 2.26. The van der Waals surface area contributed by atoms with Gasteiger partial charge in [-0.1, -0.05) is 0 Å². The molecule has 1 saturated heterocycles. The molecule has 0 bridgehead atoms. The zero-order chi connectivity index (χ0) is 9.97. The summed E-state index contributed by atoms with van der Waals surface area (Å²) in [4.78, 5) is 2.30. The van der Waals surface area contributed by atoms with Crippen molar-refractivity contribution in [3.05, 3.63) is 6.07 Å². The highest BCUT2D eigenvalue weighted by Gasteiger charge is 2.20. The number of rotatable bonds is 2. The molecule has 2 rings (SSSR count). The van der Waals surface area contributed by atoms with E-state index in [1.807, 2.05) is 6.07 Å². The molecule has 1 aromatic heterocycles. The van der Waals surface area contributed by atoms with Crippen molar-refractivity contribution >= 4 is 22.4 Å². The smallest absolute Gasteiger partial charge is 0.139 e. The summed E-state index contributed by atoms with van der Waals surface area (Å²) >= 11 is 1.46. The molecule has 5 heteroatoms. The van der Waals surface area contributed by atoms with Gasteiger partial charge in [-0.25, -0.2) is 0 Å². The van der Waals surface area contributed by atoms with Crippen LogP contribution in [0.1, 0.15) is 12.8 Å². The van der Waals surface area contributed by atoms with Crippen LogP contribution in [0.4, 0.5) is 10.8 Å². The van der Waals surface area contributed by atoms with Crippen LogP contribution in [0.25, 0.3) is 0 Å². The molecule has 1 fully saturated rings. The molecule has 2 heterocycles. The van der Waals surface area contributed by atoms with Crippen molar-refractivity contribution in [3.63, 3.8) is 0 Å². The van der Waals surface area contributed by atoms with Crippen molar-refractivity contribution in [1.82, 2.24) is 4.37 Å². The third-order valence-electron chi connectivity index (χ3n) is 2.54. The fraction of sp³-hybridized carbons (Fsp3) is 0.667. The molecule has 1 atom stereocenters. The lowest BCUT2D eigenvalue weighted by Crippen LogP contribution is -2.38. The van der Waals surface area contributed by atoms with Crippen LogP contribution in [0, 0.1) is 0 Å². The maximum atomic E-state index is 5.59. The van der Waals surface area contributed by atoms with Gasteiger partial charge < -0.3 is 15.4 Å². The third kappa shape index (κ3) is 1.99. The van der Waals surface area contributed by atoms with Crippen LogP contribution >= 0.6 is 11.5 Å². The minimum Gasteiger partial charge on any atom is -0.383 e. The summed E-state index contributed by atoms with van der Waals surface area (Å²) in [6.45, 7) is 2.04. The first kappa shape index (κ1) is 9.73. The van der Waals surface area contributed by atoms with Crippen molar-refractivity contribution in [2.24, 2.45) is 0 Å². The summed E-state index contributed by atoms with van der Waals surface area (Å²) in [5.41, 5.74) is 5.59. The Bertz CT molecular complexity index is 302. The number of aromatic nitrogens is 1. The second-order valence-corrected chi connectivity index (χ2v) is 4.32. The standard InChI is InChI=1S/C9H15N3OS/c1-13-7-3-2-4-12(6-7)9-5-8(10)11-14-9/h5,7H,2-4,6H2,1H3,(H2,10,11). The SMILES string of the molecule is COC1CCCN(c2cc(N)ns2)C1. The number of piperidine rings is 1. The molecule has 1 aromatic rings. The average Bonchev–Trinajstić information content (AvgIpc) is 2.65. The highest BCUT2D eigenvalue weighted by atomic mass is 32.1. The van der Waals surface area contributed by atoms with Crippen LogP contribution in [0.5, 0.6) is 0 Å². The molecule has 0 spiro atoms. The number of methoxy groups -OCH3 is 1. The van der Waals surface area contributed by atoms with E-state index < -0.39 is 0 Å². The predicted molar refractivity (Wildman–Crippen MR) is 58.8 cm³/mol. The predicted octanol–water partition coefficient (Wildman–Crippen LogP) is 1.34. The average molecular weight is 213 g/mol. The second-order valence-electron chi connectivity index (χ2n) is 3.54. The second kappa shape index (κ2) is 4.14. The van der Waals surface area contributed by atoms with Gasteiger partial charge >= 0.3 is 0 Å². The van der Waals surface area contributed by atoms with E-state index in [0.717, 1.165) is 24.5 Å². The molecule has 1 aliphatic rings. The van der Waals surface area contributed by atoms with Gasteiger partial charge in [-0.15, -0.1) is 0 Å². The molecular formula is C9H15N3OS. The van der Waals surface area contributed by atoms with Gasteiger partial charge in [0.05, 0.1) is 6.10 Å². The van der Waals surface area contributed by atoms with Crippen LogP contribution in [0.3, 0.4) is 0 Å². The van der Waals surface area contributed by atoms with Crippen molar-refractivity contribution in [2.75, 3.05) is 30.8 Å². The monoisotopic (exact) mass is 213 g/mol. The lowest BCUT2D eigenvalue weighted by molar-refractivity contribution is 0.0895. The number of anilines is 2. The number of nitrogen functional groups attached to an aromatic ring is 1. The van der Waals surface area contributed by atoms with Gasteiger partial charge in [0, 0.05) is 26.3 Å². The van der Waals surface area contributed by atoms with E-state index in [1.165, 1.54) is 18.0 Å². The number of nitrogens with two attached hydrogens (primary N) is 1. The number of nitrogens with zero attached hydrogens (tertiary/aromatic N) is 2. The molecule has 2 N–H and O–H groups in total. The van der Waals surface area contributed by atoms with Gasteiger partial charge in [-0.2, -0.15) is 4.37 Å². The molecular weight excluding hydrogens is 198 g/mol. The Morgan fingerprint density at radius 2 is 2.57 bits per heavy atom. The Labute approximate surface area is 87.8 Å². The zero-order valence-corrected chi connectivity index (χ0v) is 9.09. The lowest BCUT2D eigenvalue weighted by Gasteiger charge is -2.32. The van der Waals surface area contributed by atoms with E-state index in [0.29, 0.717) is 11.9 Å². The maximum absolute atomic E-state index is 5.59. The molecule has 0 aromatic carbocycles. The van der Waals surface area contributed by atoms with Crippen LogP contribution in [0.15, 0.2) is 6.07 Å². The topological polar surface area (TPSA) is 51.4 Å². The number of hydrogen-bond donors (Lipinski definition) is 1. The van der Waals surface area contributed by atoms with Crippen LogP contribution < -0.4 is 10.6 Å². The third-order valence-corrected chi connectivity index (χ3v) is 3.40. The van der Waals surface area contributed by atoms with E-state index in [4.69, 9.17) is 10.5 Å². The summed E-state index contributed by atoms with van der Waals surface area (Å²) in [6, 6.07) is 1.93. The Balaban J connectivity index is 2.04. The number of hydrogen-bond acceptors (Lipinski definition) is 5. The number of ether oxygens (including phenoxy) is 1. The van der Waals surface area contributed by atoms with Gasteiger partial charge in [0.1, 0.15) is 10.8 Å². The molecule has 1 aliphatic heterocycles. The van der Waals surface area contributed by atoms with E-state index in [-0.39, 0.29) is 0 Å². The van der Waals surface area contributed by atoms with Crippen LogP contribution in [-0.4, -0.2) is 30.7 Å². The van der Waals surface area contributed by atoms with Crippen LogP contribution in [-0.2, 0) is 4.74 Å². The quantitative estimate of drug-likeness (QED) is 0.805. The molecule has 0 radical (unpaired) electrons. The Hall–Kier alpha value is -0.810. The van der Waals surface area contributed by atoms with Crippen LogP contribution in [0.2, 0.25) is 0 Å². The van der Waals surface area contributed by atoms with Crippen molar-refractivity contribution in [2.45, 2.75) is 18.9 Å². The van der Waals surface area contributed by atoms with Gasteiger partial charge in [0.25, 0.3) is 0 Å². The normalized spacial score (nSPS) is 22.6. The van der Waals surface area contributed by atoms with Crippen molar-refractivity contribution in [1.29, 1.82) is 0 Å². The summed E-state index contributed by atoms with van der Waals surface area (Å²) in [5, 5.41) is 1.16. The Kier molecular flexibility index (Phi) is 2.88. The first-order valence-electron chi connectivity index (χ1n) is 4.79. The summed E-state index contributed by atoms with van der Waals surface area (Å²) in [6.07, 6.45) is 2.68. The molecule has 1 unspecified atom stereocenters. The zero-order valence-electron chi connectivity index (χ0n) is 8.27. The summed E-state index contributed by atoms with van der Waals surface area (Å²) < 4.78 is 9.44. The molecule has 14 heavy (non-hydrogen) atoms. The summed E-state index contributed by atoms with van der Waals surface area (Å²) in [7, 11) is 1.77. The van der Waals surface area contributed by atoms with E-state index in [9.17, 15) is 0 Å². The van der Waals surface area contributed by atoms with Crippen molar-refractivity contribution < 1.29 is 4.74 Å². The summed E-state index contributed by atoms with van der Waals surface area (Å²) in [5.74, 6) is 0.615. The molecule has 0 aliphatic carbocycles. The van der Waals surface area contributed by atoms with E-state index in [1.54, 1.807) is 7.11 Å². The van der Waals surface area contributed by atoms with Crippen molar-refractivity contribution in [3.8, 4) is 0 Å². The molecule has 0 amide bonds. The van der Waals surface area contributed by atoms with Gasteiger partial charge in [0.2, 0.25) is 0 Å². The molecule has 0 saturated carbocycles. The first-order chi connectivity index (χ1) is 6.79. The van der Waals surface area contributed by atoms with E-state index in [2.05, 4.69) is 9.27 Å². The Morgan fingerprint density at radius 3 is 3.21 bits per heavy atom. The molecule has 4 nitrogen and oxygen atoms in total. The minimum absolute atomic E-state index is 0.354. The molecule has 78 valence electrons. The van der Waals surface area contributed by atoms with Gasteiger partial charge in [0.15, 0.2) is 0 Å². The van der Waals surface area contributed by atoms with Gasteiger partial charge in [-0.3, -0.25) is 0 Å². The highest BCUT2D eigenvalue weighted by molar-refractivity contribution is 7.10. The maximum Gasteiger partial charge on any atom is 0.139 e. The lowest BCUT2D eigenvalue weighted by atomic mass is 10.1. The first-order valence-corrected chi connectivity index (χ1v) is 5.57. The van der Waals surface area contributed by atoms with Gasteiger partial charge in [-0.05, 0) is 24.4 Å². The Morgan fingerprint density at radius 1 is 1.71 bits per heavy atom. The minimum atomic E-state index is 0.354. The van der Waals surface area contributed by atoms with E-state index >= 15 is 0 Å². The fourth-order valence-electron chi connectivity index (χ4n) is 1.76.